The monoisotopic (exact) mass is 253 g/mol. The van der Waals surface area contributed by atoms with Gasteiger partial charge in [0.25, 0.3) is 0 Å². The van der Waals surface area contributed by atoms with Gasteiger partial charge < -0.3 is 5.11 Å². The van der Waals surface area contributed by atoms with Gasteiger partial charge in [-0.05, 0) is 44.9 Å². The smallest absolute Gasteiger partial charge is 0.303 e. The van der Waals surface area contributed by atoms with Crippen molar-refractivity contribution in [2.45, 2.75) is 32.7 Å². The molecule has 17 heavy (non-hydrogen) atoms. The Balaban J connectivity index is 1.94. The molecule has 0 saturated carbocycles. The molecule has 1 fully saturated rings. The van der Waals surface area contributed by atoms with E-state index < -0.39 is 5.97 Å². The summed E-state index contributed by atoms with van der Waals surface area (Å²) in [6, 6.07) is 4.77. The van der Waals surface area contributed by atoms with E-state index in [1.54, 1.807) is 0 Å². The molecule has 94 valence electrons. The average Bonchev–Trinajstić information content (AvgIpc) is 2.85. The minimum atomic E-state index is -0.670. The third-order valence-corrected chi connectivity index (χ3v) is 4.67. The second-order valence-corrected chi connectivity index (χ2v) is 6.19. The fourth-order valence-corrected chi connectivity index (χ4v) is 3.45. The summed E-state index contributed by atoms with van der Waals surface area (Å²) in [4.78, 5) is 15.8. The molecular formula is C13H19NO2S. The zero-order valence-corrected chi connectivity index (χ0v) is 11.2. The van der Waals surface area contributed by atoms with E-state index in [1.807, 2.05) is 11.3 Å². The van der Waals surface area contributed by atoms with Crippen LogP contribution in [0.2, 0.25) is 0 Å². The van der Waals surface area contributed by atoms with Crippen molar-refractivity contribution in [2.75, 3.05) is 13.1 Å². The normalized spacial score (nSPS) is 22.8. The van der Waals surface area contributed by atoms with Crippen LogP contribution in [-0.2, 0) is 4.79 Å². The van der Waals surface area contributed by atoms with Crippen LogP contribution in [0.5, 0.6) is 0 Å². The highest BCUT2D eigenvalue weighted by atomic mass is 32.1. The van der Waals surface area contributed by atoms with Crippen LogP contribution in [0.25, 0.3) is 0 Å². The lowest BCUT2D eigenvalue weighted by Gasteiger charge is -2.23. The molecule has 1 aliphatic rings. The minimum absolute atomic E-state index is 0.312. The van der Waals surface area contributed by atoms with Gasteiger partial charge in [0.05, 0.1) is 0 Å². The molecule has 2 heterocycles. The van der Waals surface area contributed by atoms with Gasteiger partial charge in [-0.2, -0.15) is 0 Å². The highest BCUT2D eigenvalue weighted by Gasteiger charge is 2.28. The molecule has 2 rings (SSSR count). The van der Waals surface area contributed by atoms with Crippen molar-refractivity contribution in [1.29, 1.82) is 0 Å². The summed E-state index contributed by atoms with van der Waals surface area (Å²) < 4.78 is 0. The molecule has 1 aromatic rings. The first-order valence-corrected chi connectivity index (χ1v) is 6.90. The number of aryl methyl sites for hydroxylation is 1. The van der Waals surface area contributed by atoms with Crippen LogP contribution in [0.1, 0.15) is 35.6 Å². The van der Waals surface area contributed by atoms with Crippen LogP contribution >= 0.6 is 11.3 Å². The number of nitrogens with zero attached hydrogens (tertiary/aromatic N) is 1. The Kier molecular flexibility index (Phi) is 3.84. The molecule has 0 aromatic carbocycles. The third kappa shape index (κ3) is 3.07. The lowest BCUT2D eigenvalue weighted by atomic mass is 10.1. The first kappa shape index (κ1) is 12.6. The third-order valence-electron chi connectivity index (χ3n) is 3.50. The number of carboxylic acid groups (broad SMARTS) is 1. The van der Waals surface area contributed by atoms with Crippen molar-refractivity contribution < 1.29 is 9.90 Å². The molecule has 1 aromatic heterocycles. The molecule has 0 bridgehead atoms. The van der Waals surface area contributed by atoms with Crippen molar-refractivity contribution >= 4 is 17.3 Å². The Hall–Kier alpha value is -0.870. The molecule has 2 atom stereocenters. The predicted molar refractivity (Wildman–Crippen MR) is 69.4 cm³/mol. The first-order chi connectivity index (χ1) is 8.06. The van der Waals surface area contributed by atoms with Gasteiger partial charge in [0, 0.05) is 28.8 Å². The largest absolute Gasteiger partial charge is 0.481 e. The van der Waals surface area contributed by atoms with Crippen LogP contribution < -0.4 is 0 Å². The number of hydrogen-bond acceptors (Lipinski definition) is 3. The summed E-state index contributed by atoms with van der Waals surface area (Å²) >= 11 is 1.84. The predicted octanol–water partition coefficient (Wildman–Crippen LogP) is 2.91. The van der Waals surface area contributed by atoms with Crippen molar-refractivity contribution in [2.24, 2.45) is 5.92 Å². The Morgan fingerprint density at radius 1 is 1.65 bits per heavy atom. The summed E-state index contributed by atoms with van der Waals surface area (Å²) in [5.74, 6) is -0.340. The Morgan fingerprint density at radius 2 is 2.41 bits per heavy atom. The van der Waals surface area contributed by atoms with E-state index in [1.165, 1.54) is 9.75 Å². The summed E-state index contributed by atoms with van der Waals surface area (Å²) in [6.45, 7) is 6.28. The fourth-order valence-electron chi connectivity index (χ4n) is 2.49. The van der Waals surface area contributed by atoms with Gasteiger partial charge in [0.2, 0.25) is 0 Å². The molecule has 0 amide bonds. The molecule has 0 radical (unpaired) electrons. The van der Waals surface area contributed by atoms with Crippen LogP contribution in [0, 0.1) is 12.8 Å². The van der Waals surface area contributed by atoms with Gasteiger partial charge >= 0.3 is 5.97 Å². The second-order valence-electron chi connectivity index (χ2n) is 4.87. The van der Waals surface area contributed by atoms with Gasteiger partial charge in [0.15, 0.2) is 0 Å². The van der Waals surface area contributed by atoms with Crippen molar-refractivity contribution in [3.8, 4) is 0 Å². The van der Waals surface area contributed by atoms with Crippen molar-refractivity contribution in [3.05, 3.63) is 21.9 Å². The number of rotatable bonds is 4. The van der Waals surface area contributed by atoms with Gasteiger partial charge in [-0.1, -0.05) is 0 Å². The van der Waals surface area contributed by atoms with Gasteiger partial charge in [-0.3, -0.25) is 9.69 Å². The first-order valence-electron chi connectivity index (χ1n) is 6.08. The topological polar surface area (TPSA) is 40.5 Å². The number of aliphatic carboxylic acids is 1. The molecule has 0 aliphatic carbocycles. The molecular weight excluding hydrogens is 234 g/mol. The highest BCUT2D eigenvalue weighted by Crippen LogP contribution is 2.32. The number of thiophene rings is 1. The van der Waals surface area contributed by atoms with Crippen LogP contribution in [0.15, 0.2) is 12.1 Å². The second kappa shape index (κ2) is 5.19. The Bertz CT molecular complexity index is 402. The van der Waals surface area contributed by atoms with E-state index in [4.69, 9.17) is 5.11 Å². The van der Waals surface area contributed by atoms with Crippen LogP contribution in [-0.4, -0.2) is 29.1 Å². The number of carbonyl (C=O) groups is 1. The summed E-state index contributed by atoms with van der Waals surface area (Å²) in [5.41, 5.74) is 0. The number of likely N-dealkylation sites (tertiary alicyclic amines) is 1. The van der Waals surface area contributed by atoms with E-state index in [2.05, 4.69) is 30.9 Å². The fraction of sp³-hybridized carbons (Fsp3) is 0.615. The zero-order valence-electron chi connectivity index (χ0n) is 10.3. The summed E-state index contributed by atoms with van der Waals surface area (Å²) in [5, 5.41) is 8.80. The van der Waals surface area contributed by atoms with Gasteiger partial charge in [-0.15, -0.1) is 11.3 Å². The standard InChI is InChI=1S/C13H19NO2S/c1-9-3-4-12(17-9)10(2)14-6-5-11(8-14)7-13(15)16/h3-4,10-11H,5-8H2,1-2H3,(H,15,16). The quantitative estimate of drug-likeness (QED) is 0.897. The maximum absolute atomic E-state index is 10.7. The zero-order chi connectivity index (χ0) is 12.4. The Labute approximate surface area is 106 Å². The molecule has 1 saturated heterocycles. The molecule has 3 nitrogen and oxygen atoms in total. The van der Waals surface area contributed by atoms with Crippen molar-refractivity contribution in [1.82, 2.24) is 4.90 Å². The molecule has 0 spiro atoms. The maximum Gasteiger partial charge on any atom is 0.303 e. The summed E-state index contributed by atoms with van der Waals surface area (Å²) in [6.07, 6.45) is 1.33. The highest BCUT2D eigenvalue weighted by molar-refractivity contribution is 7.12. The summed E-state index contributed by atoms with van der Waals surface area (Å²) in [7, 11) is 0. The van der Waals surface area contributed by atoms with Gasteiger partial charge in [-0.25, -0.2) is 0 Å². The Morgan fingerprint density at radius 3 is 3.00 bits per heavy atom. The van der Waals surface area contributed by atoms with E-state index in [9.17, 15) is 4.79 Å². The van der Waals surface area contributed by atoms with E-state index >= 15 is 0 Å². The lowest BCUT2D eigenvalue weighted by molar-refractivity contribution is -0.138. The van der Waals surface area contributed by atoms with E-state index in [-0.39, 0.29) is 0 Å². The molecule has 1 aliphatic heterocycles. The van der Waals surface area contributed by atoms with E-state index in [0.717, 1.165) is 19.5 Å². The number of hydrogen-bond donors (Lipinski definition) is 1. The van der Waals surface area contributed by atoms with Crippen molar-refractivity contribution in [3.63, 3.8) is 0 Å². The molecule has 2 unspecified atom stereocenters. The maximum atomic E-state index is 10.7. The van der Waals surface area contributed by atoms with Crippen LogP contribution in [0.4, 0.5) is 0 Å². The molecule has 1 N–H and O–H groups in total. The SMILES string of the molecule is Cc1ccc(C(C)N2CCC(CC(=O)O)C2)s1. The van der Waals surface area contributed by atoms with Crippen LogP contribution in [0.3, 0.4) is 0 Å². The average molecular weight is 253 g/mol. The molecule has 4 heteroatoms. The lowest BCUT2D eigenvalue weighted by Crippen LogP contribution is -2.24. The minimum Gasteiger partial charge on any atom is -0.481 e. The van der Waals surface area contributed by atoms with Gasteiger partial charge in [0.1, 0.15) is 0 Å². The number of carboxylic acids is 1. The van der Waals surface area contributed by atoms with E-state index in [0.29, 0.717) is 18.4 Å².